The summed E-state index contributed by atoms with van der Waals surface area (Å²) in [6, 6.07) is 0. The van der Waals surface area contributed by atoms with Gasteiger partial charge in [-0.3, -0.25) is 0 Å². The van der Waals surface area contributed by atoms with Gasteiger partial charge in [0.05, 0.1) is 0 Å². The normalized spacial score (nSPS) is 73.9. The average molecular weight is 220 g/mol. The SMILES string of the molecule is IC12CCC3C(C1)C32. The van der Waals surface area contributed by atoms with Crippen LogP contribution in [-0.4, -0.2) is 3.42 Å². The van der Waals surface area contributed by atoms with Crippen LogP contribution in [0.3, 0.4) is 0 Å². The van der Waals surface area contributed by atoms with Gasteiger partial charge in [0.1, 0.15) is 0 Å². The molecule has 3 aliphatic rings. The maximum Gasteiger partial charge on any atom is 0.0259 e. The predicted octanol–water partition coefficient (Wildman–Crippen LogP) is 2.22. The molecule has 0 heterocycles. The van der Waals surface area contributed by atoms with Gasteiger partial charge in [-0.15, -0.1) is 0 Å². The highest BCUT2D eigenvalue weighted by molar-refractivity contribution is 14.1. The van der Waals surface area contributed by atoms with Gasteiger partial charge < -0.3 is 0 Å². The van der Waals surface area contributed by atoms with Crippen LogP contribution in [0, 0.1) is 17.8 Å². The van der Waals surface area contributed by atoms with Crippen molar-refractivity contribution in [1.29, 1.82) is 0 Å². The first kappa shape index (κ1) is 4.53. The molecule has 44 valence electrons. The molecule has 0 spiro atoms. The summed E-state index contributed by atoms with van der Waals surface area (Å²) in [7, 11) is 0. The van der Waals surface area contributed by atoms with E-state index < -0.39 is 0 Å². The third kappa shape index (κ3) is 0.287. The monoisotopic (exact) mass is 220 g/mol. The average Bonchev–Trinajstić information content (AvgIpc) is 2.23. The molecule has 8 heavy (non-hydrogen) atoms. The van der Waals surface area contributed by atoms with Crippen molar-refractivity contribution < 1.29 is 0 Å². The molecule has 1 heteroatoms. The molecular weight excluding hydrogens is 211 g/mol. The first-order chi connectivity index (χ1) is 3.81. The van der Waals surface area contributed by atoms with E-state index in [1.54, 1.807) is 19.3 Å². The zero-order valence-electron chi connectivity index (χ0n) is 4.73. The van der Waals surface area contributed by atoms with Crippen molar-refractivity contribution in [3.8, 4) is 0 Å². The highest BCUT2D eigenvalue weighted by atomic mass is 127. The zero-order valence-corrected chi connectivity index (χ0v) is 6.89. The van der Waals surface area contributed by atoms with Crippen molar-refractivity contribution in [1.82, 2.24) is 0 Å². The van der Waals surface area contributed by atoms with Crippen molar-refractivity contribution in [2.75, 3.05) is 0 Å². The smallest absolute Gasteiger partial charge is 0.0259 e. The van der Waals surface area contributed by atoms with E-state index in [0.717, 1.165) is 3.42 Å². The van der Waals surface area contributed by atoms with Gasteiger partial charge in [0.2, 0.25) is 0 Å². The summed E-state index contributed by atoms with van der Waals surface area (Å²) in [6.07, 6.45) is 4.68. The Labute approximate surface area is 63.2 Å². The van der Waals surface area contributed by atoms with Crippen LogP contribution in [0.25, 0.3) is 0 Å². The van der Waals surface area contributed by atoms with Gasteiger partial charge >= 0.3 is 0 Å². The fraction of sp³-hybridized carbons (Fsp3) is 1.00. The molecular formula is C7H9I. The second-order valence-corrected chi connectivity index (χ2v) is 5.78. The van der Waals surface area contributed by atoms with Crippen LogP contribution < -0.4 is 0 Å². The Kier molecular flexibility index (Phi) is 0.565. The second kappa shape index (κ2) is 0.998. The number of rotatable bonds is 0. The van der Waals surface area contributed by atoms with Gasteiger partial charge in [-0.1, -0.05) is 22.6 Å². The molecule has 0 aliphatic heterocycles. The standard InChI is InChI=1S/C7H9I/c8-7-2-1-4-5(3-7)6(4)7/h4-6H,1-3H2. The fourth-order valence-electron chi connectivity index (χ4n) is 2.93. The van der Waals surface area contributed by atoms with E-state index >= 15 is 0 Å². The molecule has 3 aliphatic carbocycles. The van der Waals surface area contributed by atoms with E-state index in [1.807, 2.05) is 0 Å². The summed E-state index contributed by atoms with van der Waals surface area (Å²) in [5.41, 5.74) is 0. The number of hydrogen-bond acceptors (Lipinski definition) is 0. The second-order valence-electron chi connectivity index (χ2n) is 3.63. The first-order valence-electron chi connectivity index (χ1n) is 3.50. The van der Waals surface area contributed by atoms with Crippen molar-refractivity contribution in [3.05, 3.63) is 0 Å². The predicted molar refractivity (Wildman–Crippen MR) is 41.1 cm³/mol. The quantitative estimate of drug-likeness (QED) is 0.433. The Hall–Kier alpha value is 0.730. The highest BCUT2D eigenvalue weighted by Gasteiger charge is 2.73. The van der Waals surface area contributed by atoms with Crippen LogP contribution in [0.1, 0.15) is 19.3 Å². The lowest BCUT2D eigenvalue weighted by Gasteiger charge is -2.34. The van der Waals surface area contributed by atoms with Gasteiger partial charge in [0.25, 0.3) is 0 Å². The van der Waals surface area contributed by atoms with Gasteiger partial charge in [0.15, 0.2) is 0 Å². The van der Waals surface area contributed by atoms with E-state index in [4.69, 9.17) is 0 Å². The lowest BCUT2D eigenvalue weighted by Crippen LogP contribution is -2.32. The third-order valence-electron chi connectivity index (χ3n) is 3.40. The van der Waals surface area contributed by atoms with E-state index in [-0.39, 0.29) is 0 Å². The van der Waals surface area contributed by atoms with Crippen LogP contribution in [0.5, 0.6) is 0 Å². The summed E-state index contributed by atoms with van der Waals surface area (Å²) in [6.45, 7) is 0. The minimum Gasteiger partial charge on any atom is -0.0785 e. The summed E-state index contributed by atoms with van der Waals surface area (Å²) < 4.78 is 0.840. The van der Waals surface area contributed by atoms with Crippen molar-refractivity contribution >= 4 is 22.6 Å². The zero-order chi connectivity index (χ0) is 5.35. The molecule has 0 amide bonds. The molecule has 3 saturated carbocycles. The molecule has 0 radical (unpaired) electrons. The van der Waals surface area contributed by atoms with Crippen LogP contribution >= 0.6 is 22.6 Å². The molecule has 3 fully saturated rings. The number of halogens is 1. The Bertz CT molecular complexity index is 150. The molecule has 0 aromatic carbocycles. The summed E-state index contributed by atoms with van der Waals surface area (Å²) in [4.78, 5) is 0. The molecule has 4 unspecified atom stereocenters. The lowest BCUT2D eigenvalue weighted by atomic mass is 9.82. The van der Waals surface area contributed by atoms with E-state index in [9.17, 15) is 0 Å². The molecule has 0 N–H and O–H groups in total. The molecule has 0 bridgehead atoms. The number of alkyl halides is 1. The van der Waals surface area contributed by atoms with Gasteiger partial charge in [-0.05, 0) is 37.0 Å². The minimum absolute atomic E-state index is 0.840. The Morgan fingerprint density at radius 1 is 1.38 bits per heavy atom. The molecule has 3 rings (SSSR count). The summed E-state index contributed by atoms with van der Waals surface area (Å²) in [5, 5.41) is 0. The van der Waals surface area contributed by atoms with Crippen molar-refractivity contribution in [2.24, 2.45) is 17.8 Å². The van der Waals surface area contributed by atoms with Gasteiger partial charge in [0, 0.05) is 3.42 Å². The Morgan fingerprint density at radius 3 is 2.38 bits per heavy atom. The van der Waals surface area contributed by atoms with Crippen LogP contribution in [0.4, 0.5) is 0 Å². The van der Waals surface area contributed by atoms with Gasteiger partial charge in [-0.2, -0.15) is 0 Å². The third-order valence-corrected chi connectivity index (χ3v) is 5.10. The molecule has 0 aromatic rings. The molecule has 0 aromatic heterocycles. The number of hydrogen-bond donors (Lipinski definition) is 0. The largest absolute Gasteiger partial charge is 0.0785 e. The maximum atomic E-state index is 2.70. The molecule has 0 saturated heterocycles. The fourth-order valence-corrected chi connectivity index (χ4v) is 4.67. The molecule has 0 nitrogen and oxygen atoms in total. The van der Waals surface area contributed by atoms with Crippen LogP contribution in [-0.2, 0) is 0 Å². The van der Waals surface area contributed by atoms with Crippen LogP contribution in [0.2, 0.25) is 0 Å². The summed E-state index contributed by atoms with van der Waals surface area (Å²) >= 11 is 2.70. The summed E-state index contributed by atoms with van der Waals surface area (Å²) in [5.74, 6) is 3.65. The number of fused-ring (bicyclic) bond motifs is 1. The topological polar surface area (TPSA) is 0 Å². The first-order valence-corrected chi connectivity index (χ1v) is 4.58. The Balaban J connectivity index is 2.07. The van der Waals surface area contributed by atoms with E-state index in [0.29, 0.717) is 0 Å². The van der Waals surface area contributed by atoms with E-state index in [2.05, 4.69) is 22.6 Å². The van der Waals surface area contributed by atoms with Crippen molar-refractivity contribution in [3.63, 3.8) is 0 Å². The highest BCUT2D eigenvalue weighted by Crippen LogP contribution is 2.78. The van der Waals surface area contributed by atoms with Gasteiger partial charge in [-0.25, -0.2) is 0 Å². The van der Waals surface area contributed by atoms with Crippen molar-refractivity contribution in [2.45, 2.75) is 22.7 Å². The van der Waals surface area contributed by atoms with E-state index in [1.165, 1.54) is 17.8 Å². The minimum atomic E-state index is 0.840. The Morgan fingerprint density at radius 2 is 2.25 bits per heavy atom. The van der Waals surface area contributed by atoms with Crippen LogP contribution in [0.15, 0.2) is 0 Å². The maximum absolute atomic E-state index is 2.70. The lowest BCUT2D eigenvalue weighted by molar-refractivity contribution is 0.332. The molecule has 4 atom stereocenters.